The van der Waals surface area contributed by atoms with E-state index in [4.69, 9.17) is 21.4 Å². The van der Waals surface area contributed by atoms with E-state index >= 15 is 0 Å². The number of carbonyl (C=O) groups is 2. The van der Waals surface area contributed by atoms with E-state index < -0.39 is 22.8 Å². The average Bonchev–Trinajstić information content (AvgIpc) is 3.30. The molecule has 1 atom stereocenters. The molecule has 0 aliphatic carbocycles. The molecule has 2 heterocycles. The number of furan rings is 1. The number of nitrogens with zero attached hydrogens (tertiary/aromatic N) is 2. The summed E-state index contributed by atoms with van der Waals surface area (Å²) in [6.45, 7) is 1.83. The molecule has 3 rings (SSSR count). The minimum Gasteiger partial charge on any atom is -0.497 e. The van der Waals surface area contributed by atoms with Gasteiger partial charge in [-0.1, -0.05) is 37.3 Å². The highest BCUT2D eigenvalue weighted by atomic mass is 32.2. The van der Waals surface area contributed by atoms with E-state index in [1.54, 1.807) is 18.2 Å². The molecule has 2 aromatic rings. The van der Waals surface area contributed by atoms with E-state index in [9.17, 15) is 24.8 Å². The predicted octanol–water partition coefficient (Wildman–Crippen LogP) is 4.32. The lowest BCUT2D eigenvalue weighted by atomic mass is 10.1. The van der Waals surface area contributed by atoms with Gasteiger partial charge in [-0.25, -0.2) is 4.79 Å². The van der Waals surface area contributed by atoms with Crippen LogP contribution in [0.2, 0.25) is 0 Å². The van der Waals surface area contributed by atoms with Gasteiger partial charge in [-0.05, 0) is 30.7 Å². The molecule has 1 N–H and O–H groups in total. The summed E-state index contributed by atoms with van der Waals surface area (Å²) in [5, 5.41) is 20.9. The average molecular weight is 463 g/mol. The number of thioether (sulfide) groups is 1. The van der Waals surface area contributed by atoms with Gasteiger partial charge in [-0.3, -0.25) is 19.8 Å². The van der Waals surface area contributed by atoms with Crippen molar-refractivity contribution in [3.05, 3.63) is 51.1 Å². The van der Waals surface area contributed by atoms with E-state index in [1.807, 2.05) is 6.92 Å². The van der Waals surface area contributed by atoms with E-state index in [-0.39, 0.29) is 38.4 Å². The normalized spacial score (nSPS) is 16.1. The maximum Gasteiger partial charge on any atom is 0.326 e. The summed E-state index contributed by atoms with van der Waals surface area (Å²) in [5.74, 6) is -0.768. The minimum atomic E-state index is -1.12. The predicted molar refractivity (Wildman–Crippen MR) is 119 cm³/mol. The van der Waals surface area contributed by atoms with E-state index in [1.165, 1.54) is 25.3 Å². The van der Waals surface area contributed by atoms with Gasteiger partial charge in [0.25, 0.3) is 11.6 Å². The Morgan fingerprint density at radius 3 is 2.77 bits per heavy atom. The molecule has 0 saturated carbocycles. The number of rotatable bonds is 8. The smallest absolute Gasteiger partial charge is 0.326 e. The molecule has 31 heavy (non-hydrogen) atoms. The lowest BCUT2D eigenvalue weighted by molar-refractivity contribution is -0.384. The molecule has 0 radical (unpaired) electrons. The third-order valence-corrected chi connectivity index (χ3v) is 5.88. The molecule has 9 nitrogen and oxygen atoms in total. The second-order valence-electron chi connectivity index (χ2n) is 6.54. The first-order valence-corrected chi connectivity index (χ1v) is 10.4. The number of aliphatic carboxylic acids is 1. The molecule has 1 aromatic carbocycles. The van der Waals surface area contributed by atoms with Crippen molar-refractivity contribution in [1.82, 2.24) is 4.90 Å². The van der Waals surface area contributed by atoms with Gasteiger partial charge in [0.05, 0.1) is 28.6 Å². The Bertz CT molecular complexity index is 1090. The van der Waals surface area contributed by atoms with Crippen molar-refractivity contribution in [2.24, 2.45) is 0 Å². The quantitative estimate of drug-likeness (QED) is 0.264. The van der Waals surface area contributed by atoms with Crippen molar-refractivity contribution in [2.75, 3.05) is 7.11 Å². The maximum atomic E-state index is 12.8. The zero-order valence-electron chi connectivity index (χ0n) is 16.6. The first-order valence-electron chi connectivity index (χ1n) is 9.19. The zero-order chi connectivity index (χ0) is 22.7. The second-order valence-corrected chi connectivity index (χ2v) is 8.21. The number of hydrogen-bond donors (Lipinski definition) is 1. The van der Waals surface area contributed by atoms with Gasteiger partial charge in [0, 0.05) is 6.08 Å². The number of ether oxygens (including phenoxy) is 1. The van der Waals surface area contributed by atoms with Crippen LogP contribution in [0.15, 0.2) is 39.7 Å². The van der Waals surface area contributed by atoms with Crippen LogP contribution in [0.5, 0.6) is 5.75 Å². The number of hydrogen-bond acceptors (Lipinski definition) is 8. The summed E-state index contributed by atoms with van der Waals surface area (Å²) in [6, 6.07) is 6.48. The number of nitro groups is 1. The summed E-state index contributed by atoms with van der Waals surface area (Å²) in [5.41, 5.74) is 0.0716. The van der Waals surface area contributed by atoms with Gasteiger partial charge in [-0.2, -0.15) is 0 Å². The number of carboxylic acid groups (broad SMARTS) is 1. The molecule has 1 amide bonds. The molecular weight excluding hydrogens is 444 g/mol. The molecule has 1 aromatic heterocycles. The number of methoxy groups -OCH3 is 1. The lowest BCUT2D eigenvalue weighted by Gasteiger charge is -2.22. The minimum absolute atomic E-state index is 0.162. The SMILES string of the molecule is CCC[C@@H](C(=O)O)N1C(=O)/C(=C\c2ccc(-c3ccc(OC)cc3[N+](=O)[O-])o2)SC1=S. The van der Waals surface area contributed by atoms with Crippen molar-refractivity contribution in [3.63, 3.8) is 0 Å². The highest BCUT2D eigenvalue weighted by molar-refractivity contribution is 8.26. The molecule has 1 fully saturated rings. The Morgan fingerprint density at radius 2 is 2.16 bits per heavy atom. The Labute approximate surface area is 186 Å². The first-order chi connectivity index (χ1) is 14.8. The molecule has 0 unspecified atom stereocenters. The molecular formula is C20H18N2O7S2. The summed E-state index contributed by atoms with van der Waals surface area (Å²) >= 11 is 6.21. The van der Waals surface area contributed by atoms with Gasteiger partial charge in [-0.15, -0.1) is 0 Å². The van der Waals surface area contributed by atoms with E-state index in [2.05, 4.69) is 0 Å². The summed E-state index contributed by atoms with van der Waals surface area (Å²) < 4.78 is 10.9. The van der Waals surface area contributed by atoms with Crippen LogP contribution in [-0.2, 0) is 9.59 Å². The largest absolute Gasteiger partial charge is 0.497 e. The number of thiocarbonyl (C=S) groups is 1. The Kier molecular flexibility index (Phi) is 6.76. The molecule has 0 spiro atoms. The van der Waals surface area contributed by atoms with Crippen molar-refractivity contribution in [2.45, 2.75) is 25.8 Å². The third kappa shape index (κ3) is 4.62. The van der Waals surface area contributed by atoms with Crippen LogP contribution >= 0.6 is 24.0 Å². The molecule has 1 aliphatic heterocycles. The van der Waals surface area contributed by atoms with Crippen molar-refractivity contribution in [3.8, 4) is 17.1 Å². The Balaban J connectivity index is 1.91. The first kappa shape index (κ1) is 22.5. The number of carbonyl (C=O) groups excluding carboxylic acids is 1. The third-order valence-electron chi connectivity index (χ3n) is 4.55. The highest BCUT2D eigenvalue weighted by Gasteiger charge is 2.40. The van der Waals surface area contributed by atoms with Crippen molar-refractivity contribution in [1.29, 1.82) is 0 Å². The van der Waals surface area contributed by atoms with Gasteiger partial charge in [0.2, 0.25) is 0 Å². The lowest BCUT2D eigenvalue weighted by Crippen LogP contribution is -2.43. The molecule has 162 valence electrons. The fraction of sp³-hybridized carbons (Fsp3) is 0.250. The van der Waals surface area contributed by atoms with E-state index in [0.29, 0.717) is 12.2 Å². The zero-order valence-corrected chi connectivity index (χ0v) is 18.2. The highest BCUT2D eigenvalue weighted by Crippen LogP contribution is 2.37. The fourth-order valence-corrected chi connectivity index (χ4v) is 4.42. The second kappa shape index (κ2) is 9.31. The molecule has 1 aliphatic rings. The summed E-state index contributed by atoms with van der Waals surface area (Å²) in [7, 11) is 1.41. The van der Waals surface area contributed by atoms with Crippen LogP contribution in [0.25, 0.3) is 17.4 Å². The summed E-state index contributed by atoms with van der Waals surface area (Å²) in [6.07, 6.45) is 2.30. The topological polar surface area (TPSA) is 123 Å². The van der Waals surface area contributed by atoms with Gasteiger partial charge in [0.1, 0.15) is 27.6 Å². The standard InChI is InChI=1S/C20H18N2O7S2/c1-3-4-14(19(24)25)21-18(23)17(31-20(21)30)10-12-6-8-16(29-12)13-7-5-11(28-2)9-15(13)22(26)27/h5-10,14H,3-4H2,1-2H3,(H,24,25)/b17-10+/t14-/m0/s1. The van der Waals surface area contributed by atoms with Crippen molar-refractivity contribution >= 4 is 51.9 Å². The fourth-order valence-electron chi connectivity index (χ4n) is 3.09. The Hall–Kier alpha value is -3.18. The van der Waals surface area contributed by atoms with Crippen LogP contribution in [-0.4, -0.2) is 44.3 Å². The monoisotopic (exact) mass is 462 g/mol. The number of benzene rings is 1. The van der Waals surface area contributed by atoms with Gasteiger partial charge < -0.3 is 14.3 Å². The van der Waals surface area contributed by atoms with Crippen LogP contribution in [0, 0.1) is 10.1 Å². The van der Waals surface area contributed by atoms with E-state index in [0.717, 1.165) is 16.7 Å². The molecule has 1 saturated heterocycles. The molecule has 11 heteroatoms. The maximum absolute atomic E-state index is 12.8. The number of nitro benzene ring substituents is 1. The van der Waals surface area contributed by atoms with Crippen LogP contribution < -0.4 is 4.74 Å². The molecule has 0 bridgehead atoms. The van der Waals surface area contributed by atoms with Crippen LogP contribution in [0.1, 0.15) is 25.5 Å². The number of amides is 1. The Morgan fingerprint density at radius 1 is 1.42 bits per heavy atom. The van der Waals surface area contributed by atoms with Crippen LogP contribution in [0.4, 0.5) is 5.69 Å². The number of carboxylic acids is 1. The van der Waals surface area contributed by atoms with Crippen LogP contribution in [0.3, 0.4) is 0 Å². The van der Waals surface area contributed by atoms with Gasteiger partial charge in [0.15, 0.2) is 0 Å². The summed E-state index contributed by atoms with van der Waals surface area (Å²) in [4.78, 5) is 36.5. The van der Waals surface area contributed by atoms with Crippen molar-refractivity contribution < 1.29 is 28.8 Å². The van der Waals surface area contributed by atoms with Gasteiger partial charge >= 0.3 is 5.97 Å².